The number of rotatable bonds is 8. The molecule has 17 heteroatoms. The molecule has 1 aromatic carbocycles. The first-order valence-corrected chi connectivity index (χ1v) is 15.9. The van der Waals surface area contributed by atoms with E-state index in [1.807, 2.05) is 4.90 Å². The third-order valence-electron chi connectivity index (χ3n) is 6.72. The van der Waals surface area contributed by atoms with Crippen LogP contribution in [0.15, 0.2) is 36.5 Å². The van der Waals surface area contributed by atoms with Gasteiger partial charge in [0.05, 0.1) is 24.5 Å². The van der Waals surface area contributed by atoms with Crippen LogP contribution in [0, 0.1) is 5.82 Å². The summed E-state index contributed by atoms with van der Waals surface area (Å²) < 4.78 is 49.5. The van der Waals surface area contributed by atoms with Gasteiger partial charge in [0.15, 0.2) is 16.9 Å². The largest absolute Gasteiger partial charge is 0.387 e. The van der Waals surface area contributed by atoms with Crippen LogP contribution in [0.4, 0.5) is 10.1 Å². The van der Waals surface area contributed by atoms with E-state index >= 15 is 0 Å². The summed E-state index contributed by atoms with van der Waals surface area (Å²) >= 11 is 6.35. The van der Waals surface area contributed by atoms with Crippen molar-refractivity contribution in [2.45, 2.75) is 43.3 Å². The zero-order valence-corrected chi connectivity index (χ0v) is 22.7. The first-order chi connectivity index (χ1) is 18.3. The molecule has 2 aliphatic rings. The Morgan fingerprint density at radius 2 is 1.92 bits per heavy atom. The van der Waals surface area contributed by atoms with Gasteiger partial charge >= 0.3 is 15.2 Å². The predicted molar refractivity (Wildman–Crippen MR) is 136 cm³/mol. The molecule has 212 valence electrons. The number of aromatic nitrogens is 3. The lowest BCUT2D eigenvalue weighted by Crippen LogP contribution is -2.33. The molecule has 39 heavy (non-hydrogen) atoms. The minimum atomic E-state index is -4.85. The summed E-state index contributed by atoms with van der Waals surface area (Å²) in [4.78, 5) is 34.0. The van der Waals surface area contributed by atoms with Crippen LogP contribution in [-0.2, 0) is 18.4 Å². The molecule has 2 fully saturated rings. The molecule has 0 bridgehead atoms. The van der Waals surface area contributed by atoms with Gasteiger partial charge in [-0.1, -0.05) is 29.8 Å². The number of aliphatic hydroxyl groups excluding tert-OH is 2. The summed E-state index contributed by atoms with van der Waals surface area (Å²) in [6.07, 6.45) is -2.71. The molecule has 0 spiro atoms. The van der Waals surface area contributed by atoms with E-state index in [1.165, 1.54) is 16.8 Å². The number of benzene rings is 1. The molecule has 2 aromatic heterocycles. The summed E-state index contributed by atoms with van der Waals surface area (Å²) in [6.45, 7) is -0.116. The van der Waals surface area contributed by atoms with Crippen LogP contribution < -0.4 is 4.90 Å². The Morgan fingerprint density at radius 3 is 2.64 bits per heavy atom. The van der Waals surface area contributed by atoms with Crippen molar-refractivity contribution in [2.75, 3.05) is 24.0 Å². The summed E-state index contributed by atoms with van der Waals surface area (Å²) in [6, 6.07) is 7.92. The number of anilines is 1. The second-order valence-electron chi connectivity index (χ2n) is 9.45. The first kappa shape index (κ1) is 28.6. The molecule has 0 radical (unpaired) electrons. The topological polar surface area (TPSA) is 187 Å². The van der Waals surface area contributed by atoms with E-state index in [9.17, 15) is 28.6 Å². The standard InChI is InChI=1S/C22H26ClFN4O9P2/c23-18-8-15(27-7-3-6-14(27)12-4-1-2-5-13(12)24)16-9-25-22(28(16)26-18)21-20(30)19(29)17(37-21)10-36-39(34,35)11-38(31,32)33/h1-2,4-5,8-9,14,17,19-21,29-30H,3,6-7,10-11H2,(H,34,35)(H2,31,32,33)/t14-,17+,19+,20+,21+/m0/s1. The van der Waals surface area contributed by atoms with Gasteiger partial charge in [0.25, 0.3) is 0 Å². The van der Waals surface area contributed by atoms with Crippen LogP contribution in [0.1, 0.15) is 36.4 Å². The van der Waals surface area contributed by atoms with Gasteiger partial charge in [0.1, 0.15) is 35.7 Å². The number of aliphatic hydroxyl groups is 2. The van der Waals surface area contributed by atoms with Gasteiger partial charge < -0.3 is 39.1 Å². The minimum Gasteiger partial charge on any atom is -0.387 e. The highest BCUT2D eigenvalue weighted by Crippen LogP contribution is 2.55. The van der Waals surface area contributed by atoms with Crippen LogP contribution in [0.25, 0.3) is 5.52 Å². The molecule has 0 aliphatic carbocycles. The molecular formula is C22H26ClFN4O9P2. The Balaban J connectivity index is 1.42. The average Bonchev–Trinajstić information content (AvgIpc) is 3.55. The Kier molecular flexibility index (Phi) is 7.90. The maximum atomic E-state index is 14.6. The van der Waals surface area contributed by atoms with Gasteiger partial charge in [-0.3, -0.25) is 9.13 Å². The lowest BCUT2D eigenvalue weighted by molar-refractivity contribution is -0.0217. The number of halogens is 2. The molecule has 5 rings (SSSR count). The molecule has 5 N–H and O–H groups in total. The average molecular weight is 607 g/mol. The van der Waals surface area contributed by atoms with E-state index in [0.717, 1.165) is 6.42 Å². The Hall–Kier alpha value is -1.96. The zero-order chi connectivity index (χ0) is 28.1. The molecule has 2 saturated heterocycles. The van der Waals surface area contributed by atoms with Crippen molar-refractivity contribution in [2.24, 2.45) is 0 Å². The maximum Gasteiger partial charge on any atom is 0.340 e. The highest BCUT2D eigenvalue weighted by molar-refractivity contribution is 7.70. The lowest BCUT2D eigenvalue weighted by atomic mass is 10.0. The van der Waals surface area contributed by atoms with Crippen LogP contribution >= 0.6 is 26.8 Å². The second-order valence-corrected chi connectivity index (χ2v) is 13.8. The second kappa shape index (κ2) is 10.8. The summed E-state index contributed by atoms with van der Waals surface area (Å²) in [7, 11) is -9.56. The third-order valence-corrected chi connectivity index (χ3v) is 10.4. The van der Waals surface area contributed by atoms with Gasteiger partial charge in [0.2, 0.25) is 0 Å². The Labute approximate surface area is 226 Å². The molecule has 13 nitrogen and oxygen atoms in total. The van der Waals surface area contributed by atoms with Crippen LogP contribution in [-0.4, -0.2) is 76.9 Å². The van der Waals surface area contributed by atoms with Crippen molar-refractivity contribution in [1.29, 1.82) is 0 Å². The molecule has 2 aliphatic heterocycles. The first-order valence-electron chi connectivity index (χ1n) is 11.9. The van der Waals surface area contributed by atoms with Crippen molar-refractivity contribution >= 4 is 38.0 Å². The molecule has 6 atom stereocenters. The monoisotopic (exact) mass is 606 g/mol. The lowest BCUT2D eigenvalue weighted by Gasteiger charge is -2.28. The van der Waals surface area contributed by atoms with Crippen LogP contribution in [0.2, 0.25) is 5.15 Å². The molecule has 1 unspecified atom stereocenters. The van der Waals surface area contributed by atoms with E-state index in [2.05, 4.69) is 10.1 Å². The van der Waals surface area contributed by atoms with Gasteiger partial charge in [0, 0.05) is 18.2 Å². The smallest absolute Gasteiger partial charge is 0.340 e. The van der Waals surface area contributed by atoms with Gasteiger partial charge in [-0.2, -0.15) is 5.10 Å². The number of nitrogens with zero attached hydrogens (tertiary/aromatic N) is 4. The van der Waals surface area contributed by atoms with E-state index in [0.29, 0.717) is 29.7 Å². The third kappa shape index (κ3) is 5.91. The van der Waals surface area contributed by atoms with Crippen molar-refractivity contribution in [1.82, 2.24) is 14.6 Å². The van der Waals surface area contributed by atoms with Crippen molar-refractivity contribution in [3.8, 4) is 0 Å². The zero-order valence-electron chi connectivity index (χ0n) is 20.2. The van der Waals surface area contributed by atoms with Crippen LogP contribution in [0.3, 0.4) is 0 Å². The van der Waals surface area contributed by atoms with Crippen LogP contribution in [0.5, 0.6) is 0 Å². The van der Waals surface area contributed by atoms with Gasteiger partial charge in [-0.25, -0.2) is 13.9 Å². The molecule has 0 saturated carbocycles. The Bertz CT molecular complexity index is 1470. The molecule has 3 aromatic rings. The fourth-order valence-corrected chi connectivity index (χ4v) is 7.81. The van der Waals surface area contributed by atoms with Gasteiger partial charge in [-0.05, 0) is 18.9 Å². The van der Waals surface area contributed by atoms with E-state index in [1.54, 1.807) is 24.3 Å². The fraction of sp³-hybridized carbons (Fsp3) is 0.455. The number of fused-ring (bicyclic) bond motifs is 1. The predicted octanol–water partition coefficient (Wildman–Crippen LogP) is 2.36. The quantitative estimate of drug-likeness (QED) is 0.236. The normalized spacial score (nSPS) is 27.4. The van der Waals surface area contributed by atoms with E-state index in [-0.39, 0.29) is 22.8 Å². The summed E-state index contributed by atoms with van der Waals surface area (Å²) in [5.41, 5.74) is 1.66. The number of imidazole rings is 1. The van der Waals surface area contributed by atoms with Crippen molar-refractivity contribution in [3.63, 3.8) is 0 Å². The number of hydrogen-bond donors (Lipinski definition) is 5. The number of hydrogen-bond acceptors (Lipinski definition) is 9. The molecular weight excluding hydrogens is 581 g/mol. The van der Waals surface area contributed by atoms with Crippen molar-refractivity contribution < 1.29 is 47.7 Å². The fourth-order valence-electron chi connectivity index (χ4n) is 5.06. The van der Waals surface area contributed by atoms with E-state index in [4.69, 9.17) is 30.6 Å². The minimum absolute atomic E-state index is 0.0758. The van der Waals surface area contributed by atoms with Gasteiger partial charge in [-0.15, -0.1) is 0 Å². The highest BCUT2D eigenvalue weighted by atomic mass is 35.5. The van der Waals surface area contributed by atoms with E-state index < -0.39 is 52.1 Å². The molecule has 0 amide bonds. The maximum absolute atomic E-state index is 14.6. The number of ether oxygens (including phenoxy) is 1. The molecule has 4 heterocycles. The highest BCUT2D eigenvalue weighted by Gasteiger charge is 2.47. The summed E-state index contributed by atoms with van der Waals surface area (Å²) in [5, 5.41) is 25.6. The van der Waals surface area contributed by atoms with Crippen molar-refractivity contribution in [3.05, 3.63) is 58.9 Å². The summed E-state index contributed by atoms with van der Waals surface area (Å²) in [5.74, 6) is -1.65. The Morgan fingerprint density at radius 1 is 1.18 bits per heavy atom. The SMILES string of the molecule is O=P(O)(O)CP(=O)(O)OC[C@H]1O[C@@H](c2ncc3c(N4CCC[C@H]4c4ccccc4F)cc(Cl)nn23)[C@H](O)[C@@H]1O.